The third kappa shape index (κ3) is 2.25. The van der Waals surface area contributed by atoms with Crippen molar-refractivity contribution in [2.24, 2.45) is 0 Å². The van der Waals surface area contributed by atoms with E-state index in [1.54, 1.807) is 24.3 Å². The number of nitrogens with zero attached hydrogens (tertiary/aromatic N) is 3. The summed E-state index contributed by atoms with van der Waals surface area (Å²) < 4.78 is 10.8. The van der Waals surface area contributed by atoms with Crippen LogP contribution in [0.1, 0.15) is 12.2 Å². The number of likely N-dealkylation sites (tertiary alicyclic amines) is 1. The SMILES string of the molecule is Cc1occc1-c1nnc(SC2CCN(C)C2=O)o1. The predicted octanol–water partition coefficient (Wildman–Crippen LogP) is 1.96. The Labute approximate surface area is 114 Å². The number of amides is 1. The summed E-state index contributed by atoms with van der Waals surface area (Å²) in [5.74, 6) is 1.27. The molecule has 1 atom stereocenters. The molecule has 100 valence electrons. The van der Waals surface area contributed by atoms with Crippen LogP contribution in [0.4, 0.5) is 0 Å². The number of aromatic nitrogens is 2. The first-order chi connectivity index (χ1) is 9.15. The lowest BCUT2D eigenvalue weighted by Crippen LogP contribution is -2.23. The molecule has 1 saturated heterocycles. The Morgan fingerprint density at radius 3 is 2.95 bits per heavy atom. The van der Waals surface area contributed by atoms with Crippen molar-refractivity contribution >= 4 is 17.7 Å². The Morgan fingerprint density at radius 1 is 1.47 bits per heavy atom. The van der Waals surface area contributed by atoms with Crippen LogP contribution in [0.5, 0.6) is 0 Å². The lowest BCUT2D eigenvalue weighted by atomic mass is 10.3. The van der Waals surface area contributed by atoms with Crippen LogP contribution in [-0.4, -0.2) is 39.8 Å². The highest BCUT2D eigenvalue weighted by Gasteiger charge is 2.31. The van der Waals surface area contributed by atoms with Crippen LogP contribution >= 0.6 is 11.8 Å². The molecule has 0 aromatic carbocycles. The van der Waals surface area contributed by atoms with Gasteiger partial charge in [0.25, 0.3) is 11.1 Å². The minimum atomic E-state index is -0.122. The van der Waals surface area contributed by atoms with E-state index in [2.05, 4.69) is 10.2 Å². The first kappa shape index (κ1) is 12.3. The van der Waals surface area contributed by atoms with Gasteiger partial charge in [-0.05, 0) is 19.4 Å². The van der Waals surface area contributed by atoms with Gasteiger partial charge in [-0.25, -0.2) is 0 Å². The molecule has 2 aromatic heterocycles. The number of thioether (sulfide) groups is 1. The van der Waals surface area contributed by atoms with Crippen molar-refractivity contribution in [1.82, 2.24) is 15.1 Å². The number of hydrogen-bond donors (Lipinski definition) is 0. The fourth-order valence-corrected chi connectivity index (χ4v) is 2.96. The summed E-state index contributed by atoms with van der Waals surface area (Å²) in [6, 6.07) is 1.78. The Bertz CT molecular complexity index is 607. The van der Waals surface area contributed by atoms with Gasteiger partial charge in [0, 0.05) is 13.6 Å². The average Bonchev–Trinajstić information content (AvgIpc) is 3.07. The van der Waals surface area contributed by atoms with Crippen LogP contribution in [0, 0.1) is 6.92 Å². The topological polar surface area (TPSA) is 72.4 Å². The van der Waals surface area contributed by atoms with Gasteiger partial charge in [0.05, 0.1) is 17.1 Å². The van der Waals surface area contributed by atoms with E-state index in [0.717, 1.165) is 24.3 Å². The highest BCUT2D eigenvalue weighted by atomic mass is 32.2. The van der Waals surface area contributed by atoms with Crippen LogP contribution in [0.3, 0.4) is 0 Å². The van der Waals surface area contributed by atoms with Gasteiger partial charge in [0.2, 0.25) is 5.91 Å². The van der Waals surface area contributed by atoms with E-state index in [9.17, 15) is 4.79 Å². The van der Waals surface area contributed by atoms with Gasteiger partial charge in [0.1, 0.15) is 5.76 Å². The lowest BCUT2D eigenvalue weighted by molar-refractivity contribution is -0.126. The molecule has 6 nitrogen and oxygen atoms in total. The Hall–Kier alpha value is -1.76. The van der Waals surface area contributed by atoms with Crippen molar-refractivity contribution in [2.75, 3.05) is 13.6 Å². The monoisotopic (exact) mass is 279 g/mol. The molecule has 0 aliphatic carbocycles. The molecule has 19 heavy (non-hydrogen) atoms. The Morgan fingerprint density at radius 2 is 2.32 bits per heavy atom. The zero-order valence-corrected chi connectivity index (χ0v) is 11.4. The van der Waals surface area contributed by atoms with Gasteiger partial charge in [-0.1, -0.05) is 11.8 Å². The molecular weight excluding hydrogens is 266 g/mol. The van der Waals surface area contributed by atoms with Crippen LogP contribution in [-0.2, 0) is 4.79 Å². The average molecular weight is 279 g/mol. The number of carbonyl (C=O) groups excluding carboxylic acids is 1. The van der Waals surface area contributed by atoms with Crippen molar-refractivity contribution in [3.05, 3.63) is 18.1 Å². The number of carbonyl (C=O) groups is 1. The van der Waals surface area contributed by atoms with Gasteiger partial charge in [-0.15, -0.1) is 10.2 Å². The molecule has 2 aromatic rings. The van der Waals surface area contributed by atoms with Crippen LogP contribution in [0.2, 0.25) is 0 Å². The first-order valence-electron chi connectivity index (χ1n) is 5.95. The maximum atomic E-state index is 11.8. The number of aryl methyl sites for hydroxylation is 1. The second-order valence-corrected chi connectivity index (χ2v) is 5.57. The second-order valence-electron chi connectivity index (χ2n) is 4.42. The highest BCUT2D eigenvalue weighted by molar-refractivity contribution is 8.00. The molecule has 0 bridgehead atoms. The largest absolute Gasteiger partial charge is 0.469 e. The minimum Gasteiger partial charge on any atom is -0.469 e. The smallest absolute Gasteiger partial charge is 0.277 e. The molecule has 3 rings (SSSR count). The van der Waals surface area contributed by atoms with E-state index < -0.39 is 0 Å². The Kier molecular flexibility index (Phi) is 3.06. The first-order valence-corrected chi connectivity index (χ1v) is 6.82. The Balaban J connectivity index is 1.76. The van der Waals surface area contributed by atoms with Crippen molar-refractivity contribution < 1.29 is 13.6 Å². The third-order valence-corrected chi connectivity index (χ3v) is 4.21. The zero-order chi connectivity index (χ0) is 13.4. The summed E-state index contributed by atoms with van der Waals surface area (Å²) in [4.78, 5) is 13.5. The molecule has 1 aliphatic rings. The van der Waals surface area contributed by atoms with E-state index in [4.69, 9.17) is 8.83 Å². The van der Waals surface area contributed by atoms with Gasteiger partial charge < -0.3 is 13.7 Å². The molecule has 7 heteroatoms. The van der Waals surface area contributed by atoms with Crippen molar-refractivity contribution in [3.63, 3.8) is 0 Å². The molecule has 1 amide bonds. The number of furan rings is 1. The summed E-state index contributed by atoms with van der Waals surface area (Å²) in [5, 5.41) is 8.25. The van der Waals surface area contributed by atoms with Crippen molar-refractivity contribution in [2.45, 2.75) is 23.8 Å². The standard InChI is InChI=1S/C12H13N3O3S/c1-7-8(4-6-17-7)10-13-14-12(18-10)19-9-3-5-15(2)11(9)16/h4,6,9H,3,5H2,1-2H3. The van der Waals surface area contributed by atoms with E-state index in [1.165, 1.54) is 11.8 Å². The van der Waals surface area contributed by atoms with Crippen LogP contribution in [0.15, 0.2) is 26.4 Å². The zero-order valence-electron chi connectivity index (χ0n) is 10.6. The van der Waals surface area contributed by atoms with Gasteiger partial charge in [-0.2, -0.15) is 0 Å². The summed E-state index contributed by atoms with van der Waals surface area (Å²) in [6.45, 7) is 2.61. The second kappa shape index (κ2) is 4.73. The molecular formula is C12H13N3O3S. The summed E-state index contributed by atoms with van der Waals surface area (Å²) in [5.41, 5.74) is 0.786. The molecule has 0 saturated carbocycles. The van der Waals surface area contributed by atoms with E-state index >= 15 is 0 Å². The van der Waals surface area contributed by atoms with Crippen molar-refractivity contribution in [3.8, 4) is 11.5 Å². The fraction of sp³-hybridized carbons (Fsp3) is 0.417. The normalized spacial score (nSPS) is 19.4. The number of rotatable bonds is 3. The summed E-state index contributed by atoms with van der Waals surface area (Å²) >= 11 is 1.32. The quantitative estimate of drug-likeness (QED) is 0.855. The number of hydrogen-bond acceptors (Lipinski definition) is 6. The lowest BCUT2D eigenvalue weighted by Gasteiger charge is -2.07. The maximum absolute atomic E-state index is 11.8. The molecule has 1 fully saturated rings. The third-order valence-electron chi connectivity index (χ3n) is 3.12. The van der Waals surface area contributed by atoms with Gasteiger partial charge in [-0.3, -0.25) is 4.79 Å². The van der Waals surface area contributed by atoms with E-state index in [0.29, 0.717) is 11.1 Å². The molecule has 0 N–H and O–H groups in total. The predicted molar refractivity (Wildman–Crippen MR) is 68.6 cm³/mol. The summed E-state index contributed by atoms with van der Waals surface area (Å²) in [6.07, 6.45) is 2.39. The molecule has 1 unspecified atom stereocenters. The van der Waals surface area contributed by atoms with E-state index in [1.807, 2.05) is 6.92 Å². The van der Waals surface area contributed by atoms with Crippen LogP contribution in [0.25, 0.3) is 11.5 Å². The minimum absolute atomic E-state index is 0.115. The van der Waals surface area contributed by atoms with E-state index in [-0.39, 0.29) is 11.2 Å². The molecule has 0 radical (unpaired) electrons. The van der Waals surface area contributed by atoms with Gasteiger partial charge >= 0.3 is 0 Å². The molecule has 1 aliphatic heterocycles. The fourth-order valence-electron chi connectivity index (χ4n) is 1.99. The highest BCUT2D eigenvalue weighted by Crippen LogP contribution is 2.31. The maximum Gasteiger partial charge on any atom is 0.277 e. The van der Waals surface area contributed by atoms with Crippen molar-refractivity contribution in [1.29, 1.82) is 0 Å². The molecule has 0 spiro atoms. The molecule has 3 heterocycles. The van der Waals surface area contributed by atoms with Gasteiger partial charge in [0.15, 0.2) is 0 Å². The summed E-state index contributed by atoms with van der Waals surface area (Å²) in [7, 11) is 1.80. The van der Waals surface area contributed by atoms with Crippen LogP contribution < -0.4 is 0 Å².